The molecule has 1 heterocycles. The van der Waals surface area contributed by atoms with Crippen molar-refractivity contribution in [1.82, 2.24) is 15.3 Å². The van der Waals surface area contributed by atoms with Gasteiger partial charge in [0.2, 0.25) is 0 Å². The van der Waals surface area contributed by atoms with E-state index in [4.69, 9.17) is 0 Å². The molecule has 116 valence electrons. The van der Waals surface area contributed by atoms with E-state index in [2.05, 4.69) is 48.2 Å². The van der Waals surface area contributed by atoms with Crippen molar-refractivity contribution in [2.75, 3.05) is 6.54 Å². The number of imidazole rings is 1. The first-order valence-corrected chi connectivity index (χ1v) is 8.14. The summed E-state index contributed by atoms with van der Waals surface area (Å²) in [6.07, 6.45) is 4.87. The Labute approximate surface area is 126 Å². The van der Waals surface area contributed by atoms with Gasteiger partial charge in [0.25, 0.3) is 0 Å². The maximum atomic E-state index is 11.4. The molecular formula is C17H27N3O. The Morgan fingerprint density at radius 1 is 1.05 bits per heavy atom. The molecule has 0 amide bonds. The Morgan fingerprint density at radius 2 is 1.71 bits per heavy atom. The Balaban J connectivity index is 2.34. The lowest BCUT2D eigenvalue weighted by Crippen LogP contribution is -2.28. The van der Waals surface area contributed by atoms with Crippen molar-refractivity contribution < 1.29 is 0 Å². The standard InChI is InChI=1S/C17H27N3O/c1-4-7-12(8-5-2)16(18-6-3)13-9-10-14-15(11-13)20-17(21)19-14/h9-12,16,18H,4-8H2,1-3H3,(H2,19,20,21). The quantitative estimate of drug-likeness (QED) is 0.693. The minimum Gasteiger partial charge on any atom is -0.310 e. The van der Waals surface area contributed by atoms with E-state index in [0.29, 0.717) is 12.0 Å². The van der Waals surface area contributed by atoms with Gasteiger partial charge in [0, 0.05) is 6.04 Å². The first-order valence-electron chi connectivity index (χ1n) is 8.14. The molecule has 0 aliphatic carbocycles. The maximum Gasteiger partial charge on any atom is 0.323 e. The molecule has 0 radical (unpaired) electrons. The summed E-state index contributed by atoms with van der Waals surface area (Å²) in [5, 5.41) is 3.64. The highest BCUT2D eigenvalue weighted by Gasteiger charge is 2.21. The van der Waals surface area contributed by atoms with Crippen LogP contribution in [0.4, 0.5) is 0 Å². The molecule has 2 aromatic rings. The number of benzene rings is 1. The van der Waals surface area contributed by atoms with E-state index in [1.807, 2.05) is 6.07 Å². The fourth-order valence-corrected chi connectivity index (χ4v) is 3.24. The lowest BCUT2D eigenvalue weighted by Gasteiger charge is -2.28. The summed E-state index contributed by atoms with van der Waals surface area (Å²) in [6, 6.07) is 6.61. The highest BCUT2D eigenvalue weighted by molar-refractivity contribution is 5.75. The van der Waals surface area contributed by atoms with Gasteiger partial charge in [-0.3, -0.25) is 0 Å². The van der Waals surface area contributed by atoms with Gasteiger partial charge in [-0.15, -0.1) is 0 Å². The van der Waals surface area contributed by atoms with E-state index >= 15 is 0 Å². The molecule has 0 fully saturated rings. The summed E-state index contributed by atoms with van der Waals surface area (Å²) in [5.74, 6) is 0.642. The largest absolute Gasteiger partial charge is 0.323 e. The van der Waals surface area contributed by atoms with Gasteiger partial charge in [0.15, 0.2) is 0 Å². The number of H-pyrrole nitrogens is 2. The lowest BCUT2D eigenvalue weighted by molar-refractivity contribution is 0.320. The van der Waals surface area contributed by atoms with E-state index < -0.39 is 0 Å². The summed E-state index contributed by atoms with van der Waals surface area (Å²) in [5.41, 5.74) is 2.90. The molecule has 21 heavy (non-hydrogen) atoms. The summed E-state index contributed by atoms with van der Waals surface area (Å²) in [4.78, 5) is 17.1. The molecule has 1 aromatic heterocycles. The highest BCUT2D eigenvalue weighted by Crippen LogP contribution is 2.30. The first-order chi connectivity index (χ1) is 10.2. The second kappa shape index (κ2) is 7.46. The molecule has 4 heteroatoms. The van der Waals surface area contributed by atoms with Crippen LogP contribution >= 0.6 is 0 Å². The number of hydrogen-bond donors (Lipinski definition) is 3. The molecule has 2 rings (SSSR count). The molecule has 0 saturated carbocycles. The third-order valence-corrected chi connectivity index (χ3v) is 4.11. The SMILES string of the molecule is CCCC(CCC)C(NCC)c1ccc2[nH]c(=O)[nH]c2c1. The number of nitrogens with one attached hydrogen (secondary N) is 3. The fraction of sp³-hybridized carbons (Fsp3) is 0.588. The van der Waals surface area contributed by atoms with E-state index in [-0.39, 0.29) is 5.69 Å². The Kier molecular flexibility index (Phi) is 5.62. The normalized spacial score (nSPS) is 13.1. The molecule has 1 atom stereocenters. The van der Waals surface area contributed by atoms with Gasteiger partial charge in [0.1, 0.15) is 0 Å². The van der Waals surface area contributed by atoms with Gasteiger partial charge in [-0.2, -0.15) is 0 Å². The fourth-order valence-electron chi connectivity index (χ4n) is 3.24. The Morgan fingerprint density at radius 3 is 2.33 bits per heavy atom. The van der Waals surface area contributed by atoms with Crippen molar-refractivity contribution in [3.05, 3.63) is 34.2 Å². The molecule has 0 aliphatic rings. The highest BCUT2D eigenvalue weighted by atomic mass is 16.1. The predicted octanol–water partition coefficient (Wildman–Crippen LogP) is 3.72. The minimum atomic E-state index is -0.138. The molecule has 4 nitrogen and oxygen atoms in total. The van der Waals surface area contributed by atoms with Gasteiger partial charge in [-0.05, 0) is 43.0 Å². The van der Waals surface area contributed by atoms with Crippen LogP contribution in [0.2, 0.25) is 0 Å². The summed E-state index contributed by atoms with van der Waals surface area (Å²) >= 11 is 0. The van der Waals surface area contributed by atoms with Gasteiger partial charge in [0.05, 0.1) is 11.0 Å². The smallest absolute Gasteiger partial charge is 0.310 e. The van der Waals surface area contributed by atoms with Crippen LogP contribution in [0, 0.1) is 5.92 Å². The maximum absolute atomic E-state index is 11.4. The third kappa shape index (κ3) is 3.76. The Hall–Kier alpha value is -1.55. The van der Waals surface area contributed by atoms with Gasteiger partial charge in [-0.1, -0.05) is 39.7 Å². The molecule has 0 spiro atoms. The van der Waals surface area contributed by atoms with Crippen molar-refractivity contribution in [2.24, 2.45) is 5.92 Å². The van der Waals surface area contributed by atoms with Gasteiger partial charge < -0.3 is 15.3 Å². The summed E-state index contributed by atoms with van der Waals surface area (Å²) in [6.45, 7) is 7.60. The zero-order valence-corrected chi connectivity index (χ0v) is 13.3. The minimum absolute atomic E-state index is 0.138. The second-order valence-corrected chi connectivity index (χ2v) is 5.76. The third-order valence-electron chi connectivity index (χ3n) is 4.11. The zero-order valence-electron chi connectivity index (χ0n) is 13.3. The van der Waals surface area contributed by atoms with Crippen LogP contribution in [0.5, 0.6) is 0 Å². The Bertz CT molecular complexity index is 608. The van der Waals surface area contributed by atoms with Gasteiger partial charge in [-0.25, -0.2) is 4.79 Å². The zero-order chi connectivity index (χ0) is 15.2. The molecule has 3 N–H and O–H groups in total. The second-order valence-electron chi connectivity index (χ2n) is 5.76. The van der Waals surface area contributed by atoms with Crippen LogP contribution < -0.4 is 11.0 Å². The predicted molar refractivity (Wildman–Crippen MR) is 88.6 cm³/mol. The summed E-state index contributed by atoms with van der Waals surface area (Å²) in [7, 11) is 0. The molecule has 1 aromatic carbocycles. The number of fused-ring (bicyclic) bond motifs is 1. The number of hydrogen-bond acceptors (Lipinski definition) is 2. The monoisotopic (exact) mass is 289 g/mol. The van der Waals surface area contributed by atoms with Crippen LogP contribution in [0.3, 0.4) is 0 Å². The van der Waals surface area contributed by atoms with E-state index in [9.17, 15) is 4.79 Å². The van der Waals surface area contributed by atoms with Crippen molar-refractivity contribution in [2.45, 2.75) is 52.5 Å². The summed E-state index contributed by atoms with van der Waals surface area (Å²) < 4.78 is 0. The number of rotatable bonds is 8. The molecule has 0 aliphatic heterocycles. The van der Waals surface area contributed by atoms with Crippen LogP contribution in [0.1, 0.15) is 58.1 Å². The molecular weight excluding hydrogens is 262 g/mol. The van der Waals surface area contributed by atoms with Crippen molar-refractivity contribution in [1.29, 1.82) is 0 Å². The van der Waals surface area contributed by atoms with Crippen molar-refractivity contribution in [3.63, 3.8) is 0 Å². The van der Waals surface area contributed by atoms with Crippen LogP contribution in [0.25, 0.3) is 11.0 Å². The van der Waals surface area contributed by atoms with Gasteiger partial charge >= 0.3 is 5.69 Å². The molecule has 1 unspecified atom stereocenters. The first kappa shape index (κ1) is 15.8. The average molecular weight is 289 g/mol. The molecule has 0 bridgehead atoms. The van der Waals surface area contributed by atoms with Crippen LogP contribution in [-0.2, 0) is 0 Å². The number of aromatic nitrogens is 2. The van der Waals surface area contributed by atoms with E-state index in [1.165, 1.54) is 31.2 Å². The number of aromatic amines is 2. The average Bonchev–Trinajstić information content (AvgIpc) is 2.83. The van der Waals surface area contributed by atoms with Crippen molar-refractivity contribution in [3.8, 4) is 0 Å². The van der Waals surface area contributed by atoms with Crippen LogP contribution in [0.15, 0.2) is 23.0 Å². The van der Waals surface area contributed by atoms with E-state index in [0.717, 1.165) is 17.6 Å². The molecule has 0 saturated heterocycles. The van der Waals surface area contributed by atoms with Crippen LogP contribution in [-0.4, -0.2) is 16.5 Å². The lowest BCUT2D eigenvalue weighted by atomic mass is 9.86. The van der Waals surface area contributed by atoms with E-state index in [1.54, 1.807) is 0 Å². The topological polar surface area (TPSA) is 60.7 Å². The van der Waals surface area contributed by atoms with Crippen molar-refractivity contribution >= 4 is 11.0 Å².